The van der Waals surface area contributed by atoms with Crippen LogP contribution in [0.25, 0.3) is 10.8 Å². The van der Waals surface area contributed by atoms with Gasteiger partial charge in [0.2, 0.25) is 0 Å². The smallest absolute Gasteiger partial charge is 0.261 e. The Hall–Kier alpha value is -3.30. The third-order valence-electron chi connectivity index (χ3n) is 7.62. The molecule has 206 valence electrons. The number of nitrogens with zero attached hydrogens (tertiary/aromatic N) is 3. The van der Waals surface area contributed by atoms with Crippen LogP contribution >= 0.6 is 0 Å². The number of piperazine rings is 1. The molecule has 0 aromatic heterocycles. The first-order chi connectivity index (χ1) is 18.9. The fraction of sp³-hybridized carbons (Fsp3) is 0.419. The van der Waals surface area contributed by atoms with E-state index in [4.69, 9.17) is 9.47 Å². The lowest BCUT2D eigenvalue weighted by molar-refractivity contribution is -0.000437. The van der Waals surface area contributed by atoms with Crippen molar-refractivity contribution in [2.75, 3.05) is 65.6 Å². The molecule has 5 rings (SSSR count). The molecule has 1 N–H and O–H groups in total. The van der Waals surface area contributed by atoms with Gasteiger partial charge in [-0.1, -0.05) is 42.5 Å². The highest BCUT2D eigenvalue weighted by atomic mass is 16.5. The van der Waals surface area contributed by atoms with Crippen molar-refractivity contribution >= 4 is 22.6 Å². The standard InChI is InChI=1S/C31H37N3O5/c1-22-6-3-7-23(2)29(22)39-19-18-38-21-25(35)20-33-14-12-32(13-15-33)16-17-34-30(36)26-10-4-8-24-9-5-11-27(28(24)26)31(34)37/h3-11,25,35H,12-21H2,1-2H3/t25-/m0/s1. The van der Waals surface area contributed by atoms with Crippen molar-refractivity contribution in [3.05, 3.63) is 76.9 Å². The van der Waals surface area contributed by atoms with Crippen LogP contribution in [0.1, 0.15) is 31.8 Å². The predicted octanol–water partition coefficient (Wildman–Crippen LogP) is 3.13. The molecule has 0 saturated carbocycles. The highest BCUT2D eigenvalue weighted by molar-refractivity contribution is 6.25. The minimum Gasteiger partial charge on any atom is -0.491 e. The maximum Gasteiger partial charge on any atom is 0.261 e. The first kappa shape index (κ1) is 27.3. The monoisotopic (exact) mass is 531 g/mol. The lowest BCUT2D eigenvalue weighted by atomic mass is 9.94. The van der Waals surface area contributed by atoms with Gasteiger partial charge in [-0.3, -0.25) is 24.3 Å². The van der Waals surface area contributed by atoms with Crippen LogP contribution in [-0.2, 0) is 4.74 Å². The van der Waals surface area contributed by atoms with Crippen LogP contribution < -0.4 is 4.74 Å². The molecule has 0 aliphatic carbocycles. The van der Waals surface area contributed by atoms with Crippen molar-refractivity contribution < 1.29 is 24.2 Å². The number of aryl methyl sites for hydroxylation is 2. The van der Waals surface area contributed by atoms with Gasteiger partial charge >= 0.3 is 0 Å². The molecule has 39 heavy (non-hydrogen) atoms. The highest BCUT2D eigenvalue weighted by Gasteiger charge is 2.33. The number of aliphatic hydroxyl groups excluding tert-OH is 1. The number of ether oxygens (including phenoxy) is 2. The van der Waals surface area contributed by atoms with E-state index in [1.807, 2.05) is 56.3 Å². The number of para-hydroxylation sites is 1. The van der Waals surface area contributed by atoms with Crippen LogP contribution in [0, 0.1) is 13.8 Å². The Morgan fingerprint density at radius 2 is 1.38 bits per heavy atom. The second kappa shape index (κ2) is 12.3. The van der Waals surface area contributed by atoms with E-state index in [0.717, 1.165) is 53.8 Å². The fourth-order valence-corrected chi connectivity index (χ4v) is 5.52. The Morgan fingerprint density at radius 3 is 2.03 bits per heavy atom. The van der Waals surface area contributed by atoms with Crippen molar-refractivity contribution in [1.82, 2.24) is 14.7 Å². The molecule has 8 nitrogen and oxygen atoms in total. The lowest BCUT2D eigenvalue weighted by Crippen LogP contribution is -2.51. The van der Waals surface area contributed by atoms with Crippen molar-refractivity contribution in [2.45, 2.75) is 20.0 Å². The Balaban J connectivity index is 1.01. The van der Waals surface area contributed by atoms with Gasteiger partial charge in [0, 0.05) is 62.3 Å². The minimum absolute atomic E-state index is 0.217. The summed E-state index contributed by atoms with van der Waals surface area (Å²) in [6.07, 6.45) is -0.567. The van der Waals surface area contributed by atoms with E-state index in [1.54, 1.807) is 12.1 Å². The van der Waals surface area contributed by atoms with Gasteiger partial charge in [-0.2, -0.15) is 0 Å². The first-order valence-electron chi connectivity index (χ1n) is 13.7. The van der Waals surface area contributed by atoms with Gasteiger partial charge in [0.25, 0.3) is 11.8 Å². The molecule has 8 heteroatoms. The molecule has 1 atom stereocenters. The number of hydrogen-bond donors (Lipinski definition) is 1. The summed E-state index contributed by atoms with van der Waals surface area (Å²) in [5.74, 6) is 0.465. The minimum atomic E-state index is -0.567. The van der Waals surface area contributed by atoms with Crippen LogP contribution in [-0.4, -0.2) is 103 Å². The van der Waals surface area contributed by atoms with Gasteiger partial charge in [-0.25, -0.2) is 0 Å². The topological polar surface area (TPSA) is 82.6 Å². The molecule has 0 radical (unpaired) electrons. The number of imide groups is 1. The van der Waals surface area contributed by atoms with Gasteiger partial charge in [0.05, 0.1) is 19.3 Å². The van der Waals surface area contributed by atoms with Gasteiger partial charge in [0.1, 0.15) is 12.4 Å². The van der Waals surface area contributed by atoms with E-state index in [-0.39, 0.29) is 18.4 Å². The zero-order chi connectivity index (χ0) is 27.4. The van der Waals surface area contributed by atoms with Crippen LogP contribution in [0.2, 0.25) is 0 Å². The zero-order valence-electron chi connectivity index (χ0n) is 22.8. The number of carbonyl (C=O) groups is 2. The molecule has 0 bridgehead atoms. The molecule has 2 amide bonds. The molecule has 0 unspecified atom stereocenters. The molecule has 2 heterocycles. The fourth-order valence-electron chi connectivity index (χ4n) is 5.52. The molecule has 3 aromatic rings. The Labute approximate surface area is 229 Å². The molecule has 3 aromatic carbocycles. The summed E-state index contributed by atoms with van der Waals surface area (Å²) in [4.78, 5) is 32.1. The second-order valence-electron chi connectivity index (χ2n) is 10.4. The average Bonchev–Trinajstić information content (AvgIpc) is 2.93. The Kier molecular flexibility index (Phi) is 8.57. The van der Waals surface area contributed by atoms with Crippen LogP contribution in [0.4, 0.5) is 0 Å². The lowest BCUT2D eigenvalue weighted by Gasteiger charge is -2.36. The number of carbonyl (C=O) groups excluding carboxylic acids is 2. The van der Waals surface area contributed by atoms with Crippen molar-refractivity contribution in [3.8, 4) is 5.75 Å². The van der Waals surface area contributed by atoms with Crippen molar-refractivity contribution in [1.29, 1.82) is 0 Å². The van der Waals surface area contributed by atoms with E-state index < -0.39 is 6.10 Å². The van der Waals surface area contributed by atoms with E-state index in [1.165, 1.54) is 4.90 Å². The highest BCUT2D eigenvalue weighted by Crippen LogP contribution is 2.30. The van der Waals surface area contributed by atoms with Gasteiger partial charge < -0.3 is 14.6 Å². The summed E-state index contributed by atoms with van der Waals surface area (Å²) in [6.45, 7) is 10.0. The quantitative estimate of drug-likeness (QED) is 0.301. The number of hydrogen-bond acceptors (Lipinski definition) is 7. The van der Waals surface area contributed by atoms with E-state index in [9.17, 15) is 14.7 Å². The summed E-state index contributed by atoms with van der Waals surface area (Å²) in [7, 11) is 0. The summed E-state index contributed by atoms with van der Waals surface area (Å²) in [6, 6.07) is 17.3. The number of amides is 2. The van der Waals surface area contributed by atoms with E-state index in [0.29, 0.717) is 44.0 Å². The molecule has 2 aliphatic heterocycles. The maximum absolute atomic E-state index is 13.1. The summed E-state index contributed by atoms with van der Waals surface area (Å²) < 4.78 is 11.5. The first-order valence-corrected chi connectivity index (χ1v) is 13.7. The number of β-amino-alcohol motifs (C(OH)–C–C–N with tert-alkyl or cyclic N) is 1. The predicted molar refractivity (Wildman–Crippen MR) is 150 cm³/mol. The van der Waals surface area contributed by atoms with E-state index in [2.05, 4.69) is 9.80 Å². The van der Waals surface area contributed by atoms with Crippen molar-refractivity contribution in [2.24, 2.45) is 0 Å². The molecular formula is C31H37N3O5. The third-order valence-corrected chi connectivity index (χ3v) is 7.62. The zero-order valence-corrected chi connectivity index (χ0v) is 22.8. The molecule has 0 spiro atoms. The maximum atomic E-state index is 13.1. The Morgan fingerprint density at radius 1 is 0.795 bits per heavy atom. The van der Waals surface area contributed by atoms with Crippen LogP contribution in [0.15, 0.2) is 54.6 Å². The summed E-state index contributed by atoms with van der Waals surface area (Å²) >= 11 is 0. The van der Waals surface area contributed by atoms with Crippen LogP contribution in [0.3, 0.4) is 0 Å². The normalized spacial score (nSPS) is 17.2. The second-order valence-corrected chi connectivity index (χ2v) is 10.4. The van der Waals surface area contributed by atoms with Gasteiger partial charge in [-0.05, 0) is 42.5 Å². The van der Waals surface area contributed by atoms with E-state index >= 15 is 0 Å². The average molecular weight is 532 g/mol. The molecule has 1 fully saturated rings. The SMILES string of the molecule is Cc1cccc(C)c1OCCOC[C@@H](O)CN1CCN(CCN2C(=O)c3cccc4cccc(c34)C2=O)CC1. The van der Waals surface area contributed by atoms with Crippen molar-refractivity contribution in [3.63, 3.8) is 0 Å². The largest absolute Gasteiger partial charge is 0.491 e. The summed E-state index contributed by atoms with van der Waals surface area (Å²) in [5, 5.41) is 12.1. The molecule has 1 saturated heterocycles. The van der Waals surface area contributed by atoms with Crippen LogP contribution in [0.5, 0.6) is 5.75 Å². The molecular weight excluding hydrogens is 494 g/mol. The third kappa shape index (κ3) is 6.15. The van der Waals surface area contributed by atoms with Gasteiger partial charge in [0.15, 0.2) is 0 Å². The molecule has 2 aliphatic rings. The number of rotatable bonds is 11. The number of aliphatic hydroxyl groups is 1. The Bertz CT molecular complexity index is 1260. The number of benzene rings is 3. The summed E-state index contributed by atoms with van der Waals surface area (Å²) in [5.41, 5.74) is 3.40. The van der Waals surface area contributed by atoms with Gasteiger partial charge in [-0.15, -0.1) is 0 Å².